The van der Waals surface area contributed by atoms with Crippen molar-refractivity contribution in [3.05, 3.63) is 53.9 Å². The van der Waals surface area contributed by atoms with Gasteiger partial charge in [0.25, 0.3) is 5.91 Å². The van der Waals surface area contributed by atoms with Crippen LogP contribution in [0.5, 0.6) is 0 Å². The van der Waals surface area contributed by atoms with E-state index in [1.165, 1.54) is 0 Å². The lowest BCUT2D eigenvalue weighted by atomic mass is 10.0. The largest absolute Gasteiger partial charge is 0.490 e. The number of hydrogen-bond donors (Lipinski definition) is 2. The molecule has 1 amide bonds. The van der Waals surface area contributed by atoms with Gasteiger partial charge in [0.05, 0.1) is 5.25 Å². The van der Waals surface area contributed by atoms with Crippen LogP contribution in [0.25, 0.3) is 0 Å². The Morgan fingerprint density at radius 1 is 1.12 bits per heavy atom. The van der Waals surface area contributed by atoms with Gasteiger partial charge in [0.1, 0.15) is 5.69 Å². The van der Waals surface area contributed by atoms with E-state index in [1.54, 1.807) is 21.5 Å². The molecule has 33 heavy (non-hydrogen) atoms. The summed E-state index contributed by atoms with van der Waals surface area (Å²) in [5, 5.41) is 13.2. The molecule has 0 unspecified atom stereocenters. The Morgan fingerprint density at radius 2 is 1.76 bits per heavy atom. The summed E-state index contributed by atoms with van der Waals surface area (Å²) in [6.45, 7) is 1.99. The van der Waals surface area contributed by atoms with Gasteiger partial charge in [-0.25, -0.2) is 13.2 Å². The van der Waals surface area contributed by atoms with Crippen molar-refractivity contribution in [2.75, 3.05) is 19.6 Å². The number of fused-ring (bicyclic) bond motifs is 1. The fraction of sp³-hybridized carbons (Fsp3) is 0.450. The number of benzene rings is 1. The Hall–Kier alpha value is -2.93. The number of hydrogen-bond acceptors (Lipinski definition) is 5. The first-order chi connectivity index (χ1) is 15.5. The third kappa shape index (κ3) is 5.90. The van der Waals surface area contributed by atoms with Crippen LogP contribution in [0.2, 0.25) is 0 Å². The van der Waals surface area contributed by atoms with Crippen LogP contribution < -0.4 is 0 Å². The third-order valence-corrected chi connectivity index (χ3v) is 8.01. The Kier molecular flexibility index (Phi) is 7.42. The third-order valence-electron chi connectivity index (χ3n) is 5.62. The number of nitrogens with zero attached hydrogens (tertiary/aromatic N) is 3. The lowest BCUT2D eigenvalue weighted by Gasteiger charge is -2.21. The van der Waals surface area contributed by atoms with Crippen molar-refractivity contribution in [1.82, 2.24) is 19.4 Å². The molecule has 1 aromatic carbocycles. The molecule has 2 saturated heterocycles. The zero-order valence-corrected chi connectivity index (χ0v) is 18.2. The molecular weight excluding hydrogens is 465 g/mol. The maximum absolute atomic E-state index is 13.0. The number of carboxylic acids is 1. The molecule has 3 heterocycles. The maximum atomic E-state index is 13.0. The van der Waals surface area contributed by atoms with Gasteiger partial charge in [0.2, 0.25) is 10.0 Å². The quantitative estimate of drug-likeness (QED) is 0.682. The first-order valence-electron chi connectivity index (χ1n) is 10.1. The fourth-order valence-corrected chi connectivity index (χ4v) is 6.21. The van der Waals surface area contributed by atoms with Crippen LogP contribution in [0.4, 0.5) is 13.2 Å². The number of carboxylic acid groups (broad SMARTS) is 1. The monoisotopic (exact) mass is 488 g/mol. The number of sulfonamides is 1. The van der Waals surface area contributed by atoms with E-state index in [2.05, 4.69) is 10.2 Å². The first kappa shape index (κ1) is 24.7. The molecule has 0 spiro atoms. The molecule has 2 N–H and O–H groups in total. The molecule has 9 nitrogen and oxygen atoms in total. The van der Waals surface area contributed by atoms with E-state index in [4.69, 9.17) is 9.90 Å². The highest BCUT2D eigenvalue weighted by Crippen LogP contribution is 2.35. The molecule has 1 aromatic heterocycles. The summed E-state index contributed by atoms with van der Waals surface area (Å²) >= 11 is 0. The number of alkyl halides is 3. The van der Waals surface area contributed by atoms with Gasteiger partial charge in [-0.2, -0.15) is 22.6 Å². The van der Waals surface area contributed by atoms with Crippen LogP contribution in [-0.4, -0.2) is 75.9 Å². The van der Waals surface area contributed by atoms with Gasteiger partial charge in [-0.1, -0.05) is 30.3 Å². The van der Waals surface area contributed by atoms with E-state index in [0.717, 1.165) is 5.56 Å². The molecule has 13 heteroatoms. The first-order valence-corrected chi connectivity index (χ1v) is 11.6. The van der Waals surface area contributed by atoms with Crippen LogP contribution in [0.15, 0.2) is 42.6 Å². The van der Waals surface area contributed by atoms with Crippen LogP contribution in [0.3, 0.4) is 0 Å². The molecule has 0 radical (unpaired) electrons. The van der Waals surface area contributed by atoms with Crippen LogP contribution in [0.1, 0.15) is 28.9 Å². The van der Waals surface area contributed by atoms with Gasteiger partial charge < -0.3 is 10.0 Å². The number of nitrogens with one attached hydrogen (secondary N) is 1. The molecule has 2 fully saturated rings. The molecule has 2 aliphatic rings. The van der Waals surface area contributed by atoms with E-state index >= 15 is 0 Å². The van der Waals surface area contributed by atoms with E-state index in [9.17, 15) is 26.4 Å². The number of halogens is 3. The minimum absolute atomic E-state index is 0.0725. The topological polar surface area (TPSA) is 124 Å². The van der Waals surface area contributed by atoms with E-state index in [-0.39, 0.29) is 11.8 Å². The second-order valence-corrected chi connectivity index (χ2v) is 9.92. The molecule has 0 aliphatic carbocycles. The number of H-pyrrole nitrogens is 1. The van der Waals surface area contributed by atoms with Gasteiger partial charge in [-0.05, 0) is 30.4 Å². The Morgan fingerprint density at radius 3 is 2.33 bits per heavy atom. The average Bonchev–Trinajstić information content (AvgIpc) is 3.29. The highest BCUT2D eigenvalue weighted by atomic mass is 32.2. The summed E-state index contributed by atoms with van der Waals surface area (Å²) in [4.78, 5) is 23.1. The van der Waals surface area contributed by atoms with Crippen molar-refractivity contribution in [1.29, 1.82) is 0 Å². The fourth-order valence-electron chi connectivity index (χ4n) is 3.99. The predicted octanol–water partition coefficient (Wildman–Crippen LogP) is 2.11. The van der Waals surface area contributed by atoms with E-state index < -0.39 is 27.4 Å². The highest BCUT2D eigenvalue weighted by molar-refractivity contribution is 7.90. The average molecular weight is 488 g/mol. The smallest absolute Gasteiger partial charge is 0.475 e. The standard InChI is InChI=1S/C18H22N4O3S.C2HF3O2/c23-18(16-6-9-19-20-16)21-10-7-15-13-22(12-14-4-2-1-3-5-14)26(24,25)17(15)8-11-21;3-2(4,5)1(6)7/h1-6,9,15,17H,7-8,10-13H2,(H,19,20);(H,6,7)/t15-,17-;/m1./s1. The van der Waals surface area contributed by atoms with Crippen molar-refractivity contribution < 1.29 is 36.3 Å². The molecule has 2 aromatic rings. The molecule has 2 aliphatic heterocycles. The Labute approximate surface area is 188 Å². The predicted molar refractivity (Wildman–Crippen MR) is 110 cm³/mol. The van der Waals surface area contributed by atoms with Crippen molar-refractivity contribution in [3.8, 4) is 0 Å². The summed E-state index contributed by atoms with van der Waals surface area (Å²) in [5.41, 5.74) is 1.45. The lowest BCUT2D eigenvalue weighted by Crippen LogP contribution is -2.34. The molecule has 180 valence electrons. The van der Waals surface area contributed by atoms with Crippen LogP contribution in [0, 0.1) is 5.92 Å². The van der Waals surface area contributed by atoms with Gasteiger partial charge in [-0.15, -0.1) is 0 Å². The van der Waals surface area contributed by atoms with Crippen molar-refractivity contribution in [2.24, 2.45) is 5.92 Å². The minimum Gasteiger partial charge on any atom is -0.475 e. The number of aromatic amines is 1. The highest BCUT2D eigenvalue weighted by Gasteiger charge is 2.47. The lowest BCUT2D eigenvalue weighted by molar-refractivity contribution is -0.192. The summed E-state index contributed by atoms with van der Waals surface area (Å²) in [6.07, 6.45) is -2.35. The molecule has 0 bridgehead atoms. The zero-order valence-electron chi connectivity index (χ0n) is 17.4. The number of rotatable bonds is 3. The summed E-state index contributed by atoms with van der Waals surface area (Å²) in [6, 6.07) is 11.3. The summed E-state index contributed by atoms with van der Waals surface area (Å²) in [7, 11) is -3.34. The van der Waals surface area contributed by atoms with Gasteiger partial charge in [0, 0.05) is 32.4 Å². The summed E-state index contributed by atoms with van der Waals surface area (Å²) in [5.74, 6) is -2.79. The maximum Gasteiger partial charge on any atom is 0.490 e. The van der Waals surface area contributed by atoms with Crippen LogP contribution >= 0.6 is 0 Å². The molecular formula is C20H23F3N4O5S. The Bertz CT molecular complexity index is 1060. The van der Waals surface area contributed by atoms with Crippen molar-refractivity contribution in [3.63, 3.8) is 0 Å². The molecule has 4 rings (SSSR count). The number of likely N-dealkylation sites (tertiary alicyclic amines) is 1. The van der Waals surface area contributed by atoms with Gasteiger partial charge in [-0.3, -0.25) is 9.89 Å². The number of aromatic nitrogens is 2. The number of amides is 1. The molecule has 2 atom stereocenters. The van der Waals surface area contributed by atoms with Crippen LogP contribution in [-0.2, 0) is 21.4 Å². The normalized spacial score (nSPS) is 22.6. The second-order valence-electron chi connectivity index (χ2n) is 7.76. The number of carbonyl (C=O) groups is 2. The van der Waals surface area contributed by atoms with E-state index in [0.29, 0.717) is 44.7 Å². The Balaban J connectivity index is 0.000000383. The van der Waals surface area contributed by atoms with Crippen molar-refractivity contribution in [2.45, 2.75) is 30.8 Å². The van der Waals surface area contributed by atoms with E-state index in [1.807, 2.05) is 30.3 Å². The number of carbonyl (C=O) groups excluding carboxylic acids is 1. The minimum atomic E-state index is -5.08. The molecule has 0 saturated carbocycles. The van der Waals surface area contributed by atoms with Gasteiger partial charge in [0.15, 0.2) is 0 Å². The van der Waals surface area contributed by atoms with Gasteiger partial charge >= 0.3 is 12.1 Å². The van der Waals surface area contributed by atoms with Crippen molar-refractivity contribution >= 4 is 21.9 Å². The second kappa shape index (κ2) is 9.91. The number of aliphatic carboxylic acids is 1. The SMILES string of the molecule is O=C(O)C(F)(F)F.O=C(c1ccn[nH]1)N1CC[C@@H]2CN(Cc3ccccc3)S(=O)(=O)[C@@H]2CC1. The summed E-state index contributed by atoms with van der Waals surface area (Å²) < 4.78 is 59.3. The zero-order chi connectivity index (χ0) is 24.2.